The van der Waals surface area contributed by atoms with Gasteiger partial charge in [0.1, 0.15) is 0 Å². The number of benzene rings is 1. The van der Waals surface area contributed by atoms with E-state index in [-0.39, 0.29) is 5.91 Å². The summed E-state index contributed by atoms with van der Waals surface area (Å²) in [5.74, 6) is -0.197. The molecular weight excluding hydrogens is 256 g/mol. The van der Waals surface area contributed by atoms with E-state index in [1.165, 1.54) is 11.3 Å². The molecule has 1 aromatic carbocycles. The maximum Gasteiger partial charge on any atom is 0.279 e. The predicted molar refractivity (Wildman–Crippen MR) is 78.3 cm³/mol. The molecule has 0 saturated heterocycles. The van der Waals surface area contributed by atoms with Crippen molar-refractivity contribution in [1.29, 1.82) is 0 Å². The van der Waals surface area contributed by atoms with Crippen molar-refractivity contribution in [3.63, 3.8) is 0 Å². The number of allylic oxidation sites excluding steroid dienone is 1. The first-order chi connectivity index (χ1) is 9.13. The Balaban J connectivity index is 2.44. The van der Waals surface area contributed by atoms with Crippen molar-refractivity contribution in [2.45, 2.75) is 20.4 Å². The quantitative estimate of drug-likeness (QED) is 0.791. The lowest BCUT2D eigenvalue weighted by molar-refractivity contribution is 0.0997. The van der Waals surface area contributed by atoms with Crippen molar-refractivity contribution in [2.24, 2.45) is 4.99 Å². The van der Waals surface area contributed by atoms with E-state index >= 15 is 0 Å². The lowest BCUT2D eigenvalue weighted by Crippen LogP contribution is -2.17. The van der Waals surface area contributed by atoms with Crippen LogP contribution in [0.1, 0.15) is 21.6 Å². The fourth-order valence-electron chi connectivity index (χ4n) is 1.81. The average molecular weight is 272 g/mol. The van der Waals surface area contributed by atoms with Gasteiger partial charge in [-0.2, -0.15) is 4.99 Å². The highest BCUT2D eigenvalue weighted by molar-refractivity contribution is 7.07. The van der Waals surface area contributed by atoms with E-state index in [1.54, 1.807) is 12.1 Å². The van der Waals surface area contributed by atoms with Gasteiger partial charge in [-0.25, -0.2) is 0 Å². The standard InChI is InChI=1S/C15H16N2OS/c1-4-9-17-12(3)10-19-15(17)16-14(18)13-8-6-5-7-11(13)2/h4-8,10H,1,9H2,2-3H3. The summed E-state index contributed by atoms with van der Waals surface area (Å²) >= 11 is 1.47. The minimum Gasteiger partial charge on any atom is -0.317 e. The Kier molecular flexibility index (Phi) is 4.12. The maximum absolute atomic E-state index is 12.2. The Hall–Kier alpha value is -1.94. The van der Waals surface area contributed by atoms with Crippen LogP contribution in [0.3, 0.4) is 0 Å². The molecule has 0 bridgehead atoms. The molecule has 2 rings (SSSR count). The molecule has 0 aliphatic heterocycles. The molecule has 0 aliphatic rings. The molecule has 1 aromatic heterocycles. The Morgan fingerprint density at radius 3 is 2.84 bits per heavy atom. The molecule has 0 aliphatic carbocycles. The van der Waals surface area contributed by atoms with Gasteiger partial charge in [0.2, 0.25) is 0 Å². The largest absolute Gasteiger partial charge is 0.317 e. The van der Waals surface area contributed by atoms with Gasteiger partial charge in [0, 0.05) is 23.2 Å². The summed E-state index contributed by atoms with van der Waals surface area (Å²) in [6.07, 6.45) is 1.80. The Labute approximate surface area is 116 Å². The van der Waals surface area contributed by atoms with Crippen LogP contribution in [0.15, 0.2) is 47.3 Å². The van der Waals surface area contributed by atoms with Crippen molar-refractivity contribution in [2.75, 3.05) is 0 Å². The summed E-state index contributed by atoms with van der Waals surface area (Å²) in [5.41, 5.74) is 2.68. The van der Waals surface area contributed by atoms with E-state index in [9.17, 15) is 4.79 Å². The van der Waals surface area contributed by atoms with Crippen LogP contribution < -0.4 is 4.80 Å². The third kappa shape index (κ3) is 2.90. The molecule has 19 heavy (non-hydrogen) atoms. The second-order valence-corrected chi connectivity index (χ2v) is 5.13. The molecule has 2 aromatic rings. The van der Waals surface area contributed by atoms with Gasteiger partial charge in [0.15, 0.2) is 4.80 Å². The summed E-state index contributed by atoms with van der Waals surface area (Å²) in [4.78, 5) is 17.1. The van der Waals surface area contributed by atoms with Gasteiger partial charge in [0.05, 0.1) is 0 Å². The Bertz CT molecular complexity index is 679. The average Bonchev–Trinajstić information content (AvgIpc) is 2.72. The minimum atomic E-state index is -0.197. The van der Waals surface area contributed by atoms with Gasteiger partial charge in [-0.3, -0.25) is 4.79 Å². The van der Waals surface area contributed by atoms with E-state index in [1.807, 2.05) is 42.0 Å². The molecule has 0 saturated carbocycles. The van der Waals surface area contributed by atoms with Gasteiger partial charge in [-0.15, -0.1) is 17.9 Å². The summed E-state index contributed by atoms with van der Waals surface area (Å²) in [6.45, 7) is 8.30. The number of aryl methyl sites for hydroxylation is 2. The zero-order valence-corrected chi connectivity index (χ0v) is 11.9. The maximum atomic E-state index is 12.2. The Morgan fingerprint density at radius 1 is 1.42 bits per heavy atom. The molecule has 0 N–H and O–H groups in total. The monoisotopic (exact) mass is 272 g/mol. The third-order valence-corrected chi connectivity index (χ3v) is 3.86. The van der Waals surface area contributed by atoms with E-state index in [4.69, 9.17) is 0 Å². The number of carbonyl (C=O) groups is 1. The van der Waals surface area contributed by atoms with Crippen molar-refractivity contribution in [1.82, 2.24) is 4.57 Å². The summed E-state index contributed by atoms with van der Waals surface area (Å²) < 4.78 is 1.98. The number of carbonyl (C=O) groups excluding carboxylic acids is 1. The van der Waals surface area contributed by atoms with Crippen molar-refractivity contribution in [3.8, 4) is 0 Å². The van der Waals surface area contributed by atoms with Crippen molar-refractivity contribution < 1.29 is 4.79 Å². The SMILES string of the molecule is C=CCn1c(C)csc1=NC(=O)c1ccccc1C. The highest BCUT2D eigenvalue weighted by Gasteiger charge is 2.08. The molecule has 0 fully saturated rings. The highest BCUT2D eigenvalue weighted by Crippen LogP contribution is 2.08. The van der Waals surface area contributed by atoms with Crippen molar-refractivity contribution >= 4 is 17.2 Å². The molecule has 0 spiro atoms. The van der Waals surface area contributed by atoms with Gasteiger partial charge >= 0.3 is 0 Å². The van der Waals surface area contributed by atoms with Gasteiger partial charge < -0.3 is 4.57 Å². The van der Waals surface area contributed by atoms with Crippen LogP contribution in [0.25, 0.3) is 0 Å². The van der Waals surface area contributed by atoms with E-state index in [0.29, 0.717) is 16.9 Å². The van der Waals surface area contributed by atoms with Crippen LogP contribution in [-0.2, 0) is 6.54 Å². The summed E-state index contributed by atoms with van der Waals surface area (Å²) in [6, 6.07) is 7.49. The van der Waals surface area contributed by atoms with Crippen LogP contribution in [-0.4, -0.2) is 10.5 Å². The number of rotatable bonds is 3. The van der Waals surface area contributed by atoms with Gasteiger partial charge in [-0.1, -0.05) is 24.3 Å². The molecular formula is C15H16N2OS. The second kappa shape index (κ2) is 5.80. The van der Waals surface area contributed by atoms with Crippen LogP contribution in [0.5, 0.6) is 0 Å². The van der Waals surface area contributed by atoms with Gasteiger partial charge in [0.25, 0.3) is 5.91 Å². The van der Waals surface area contributed by atoms with Crippen LogP contribution in [0.4, 0.5) is 0 Å². The highest BCUT2D eigenvalue weighted by atomic mass is 32.1. The number of hydrogen-bond acceptors (Lipinski definition) is 2. The first-order valence-corrected chi connectivity index (χ1v) is 6.92. The fourth-order valence-corrected chi connectivity index (χ4v) is 2.70. The topological polar surface area (TPSA) is 34.4 Å². The van der Waals surface area contributed by atoms with E-state index < -0.39 is 0 Å². The van der Waals surface area contributed by atoms with Gasteiger partial charge in [-0.05, 0) is 25.5 Å². The zero-order valence-electron chi connectivity index (χ0n) is 11.1. The number of aromatic nitrogens is 1. The molecule has 0 unspecified atom stereocenters. The molecule has 1 amide bonds. The Morgan fingerprint density at radius 2 is 2.16 bits per heavy atom. The third-order valence-electron chi connectivity index (χ3n) is 2.88. The number of thiazole rings is 1. The van der Waals surface area contributed by atoms with E-state index in [2.05, 4.69) is 11.6 Å². The number of nitrogens with zero attached hydrogens (tertiary/aromatic N) is 2. The normalized spacial score (nSPS) is 11.6. The molecule has 3 nitrogen and oxygen atoms in total. The van der Waals surface area contributed by atoms with Crippen LogP contribution in [0, 0.1) is 13.8 Å². The molecule has 1 heterocycles. The molecule has 0 radical (unpaired) electrons. The smallest absolute Gasteiger partial charge is 0.279 e. The summed E-state index contributed by atoms with van der Waals surface area (Å²) in [5, 5.41) is 1.99. The number of amides is 1. The summed E-state index contributed by atoms with van der Waals surface area (Å²) in [7, 11) is 0. The van der Waals surface area contributed by atoms with Crippen LogP contribution in [0.2, 0.25) is 0 Å². The lowest BCUT2D eigenvalue weighted by atomic mass is 10.1. The van der Waals surface area contributed by atoms with Crippen molar-refractivity contribution in [3.05, 3.63) is 63.9 Å². The molecule has 4 heteroatoms. The lowest BCUT2D eigenvalue weighted by Gasteiger charge is -2.02. The molecule has 0 atom stereocenters. The van der Waals surface area contributed by atoms with E-state index in [0.717, 1.165) is 11.3 Å². The predicted octanol–water partition coefficient (Wildman–Crippen LogP) is 3.09. The zero-order chi connectivity index (χ0) is 13.8. The first-order valence-electron chi connectivity index (χ1n) is 6.04. The second-order valence-electron chi connectivity index (χ2n) is 4.29. The first kappa shape index (κ1) is 13.5. The minimum absolute atomic E-state index is 0.197. The molecule has 98 valence electrons. The number of hydrogen-bond donors (Lipinski definition) is 0. The fraction of sp³-hybridized carbons (Fsp3) is 0.200. The van der Waals surface area contributed by atoms with Crippen LogP contribution >= 0.6 is 11.3 Å².